The summed E-state index contributed by atoms with van der Waals surface area (Å²) in [6.07, 6.45) is -7.60. The van der Waals surface area contributed by atoms with Crippen molar-refractivity contribution in [3.05, 3.63) is 47.5 Å². The maximum Gasteiger partial charge on any atom is 0.416 e. The number of alkyl halides is 6. The summed E-state index contributed by atoms with van der Waals surface area (Å²) in [4.78, 5) is 3.64. The van der Waals surface area contributed by atoms with Gasteiger partial charge in [-0.1, -0.05) is 0 Å². The van der Waals surface area contributed by atoms with Crippen LogP contribution in [0.4, 0.5) is 26.3 Å². The highest BCUT2D eigenvalue weighted by molar-refractivity contribution is 7.80. The molecule has 0 saturated carbocycles. The second kappa shape index (κ2) is 7.27. The number of benzene rings is 1. The van der Waals surface area contributed by atoms with Gasteiger partial charge in [-0.05, 0) is 30.4 Å². The normalized spacial score (nSPS) is 12.9. The summed E-state index contributed by atoms with van der Waals surface area (Å²) in [5, 5.41) is 7.12. The maximum atomic E-state index is 13.0. The molecule has 0 aliphatic rings. The number of nitrogens with two attached hydrogens (primary N) is 1. The molecule has 1 aromatic carbocycles. The van der Waals surface area contributed by atoms with E-state index in [4.69, 9.17) is 5.73 Å². The van der Waals surface area contributed by atoms with Crippen molar-refractivity contribution in [2.24, 2.45) is 10.8 Å². The molecule has 0 spiro atoms. The summed E-state index contributed by atoms with van der Waals surface area (Å²) in [5.41, 5.74) is 3.78. The Kier molecular flexibility index (Phi) is 5.49. The molecule has 26 heavy (non-hydrogen) atoms. The molecule has 13 heteroatoms. The predicted octanol–water partition coefficient (Wildman–Crippen LogP) is 2.55. The molecular weight excluding hydrogens is 386 g/mol. The van der Waals surface area contributed by atoms with Crippen LogP contribution in [-0.4, -0.2) is 25.6 Å². The smallest absolute Gasteiger partial charge is 0.375 e. The number of thiocarbonyl (C=S) groups is 1. The van der Waals surface area contributed by atoms with E-state index in [1.807, 2.05) is 0 Å². The van der Waals surface area contributed by atoms with E-state index in [0.717, 1.165) is 11.0 Å². The van der Waals surface area contributed by atoms with Crippen molar-refractivity contribution < 1.29 is 26.3 Å². The van der Waals surface area contributed by atoms with Crippen LogP contribution in [0, 0.1) is 0 Å². The fraction of sp³-hybridized carbons (Fsp3) is 0.231. The average Bonchev–Trinajstić information content (AvgIpc) is 3.02. The summed E-state index contributed by atoms with van der Waals surface area (Å²) < 4.78 is 79.2. The van der Waals surface area contributed by atoms with Crippen LogP contribution in [0.1, 0.15) is 16.7 Å². The van der Waals surface area contributed by atoms with Crippen LogP contribution >= 0.6 is 12.2 Å². The fourth-order valence-electron chi connectivity index (χ4n) is 1.90. The molecule has 1 aromatic heterocycles. The largest absolute Gasteiger partial charge is 0.416 e. The van der Waals surface area contributed by atoms with Gasteiger partial charge < -0.3 is 5.73 Å². The zero-order chi connectivity index (χ0) is 19.5. The lowest BCUT2D eigenvalue weighted by molar-refractivity contribution is -0.143. The number of rotatable bonds is 4. The van der Waals surface area contributed by atoms with Gasteiger partial charge in [0.1, 0.15) is 12.7 Å². The van der Waals surface area contributed by atoms with E-state index >= 15 is 0 Å². The Bertz CT molecular complexity index is 779. The van der Waals surface area contributed by atoms with Gasteiger partial charge in [-0.25, -0.2) is 9.67 Å². The quantitative estimate of drug-likeness (QED) is 0.359. The molecule has 6 nitrogen and oxygen atoms in total. The molecule has 0 bridgehead atoms. The van der Waals surface area contributed by atoms with Crippen molar-refractivity contribution in [2.45, 2.75) is 18.9 Å². The lowest BCUT2D eigenvalue weighted by atomic mass is 10.0. The van der Waals surface area contributed by atoms with Crippen molar-refractivity contribution >= 4 is 23.0 Å². The third-order valence-electron chi connectivity index (χ3n) is 3.00. The zero-order valence-electron chi connectivity index (χ0n) is 12.6. The maximum absolute atomic E-state index is 13.0. The monoisotopic (exact) mass is 396 g/mol. The van der Waals surface area contributed by atoms with Gasteiger partial charge in [0.2, 0.25) is 0 Å². The molecule has 0 saturated heterocycles. The Balaban J connectivity index is 2.58. The van der Waals surface area contributed by atoms with Crippen LogP contribution in [0.15, 0.2) is 36.0 Å². The molecule has 0 unspecified atom stereocenters. The Morgan fingerprint density at radius 3 is 2.12 bits per heavy atom. The van der Waals surface area contributed by atoms with Gasteiger partial charge in [-0.2, -0.15) is 36.5 Å². The number of halogens is 6. The molecule has 0 fully saturated rings. The summed E-state index contributed by atoms with van der Waals surface area (Å²) >= 11 is 4.55. The Hall–Kier alpha value is -2.70. The SMILES string of the molecule is NC(=S)N/N=C(/Cn1cncn1)c1cc(C(F)(F)F)cc(C(F)(F)F)c1. The van der Waals surface area contributed by atoms with Gasteiger partial charge in [0.25, 0.3) is 0 Å². The minimum absolute atomic E-state index is 0.0254. The molecule has 1 heterocycles. The summed E-state index contributed by atoms with van der Waals surface area (Å²) in [6.45, 7) is -0.270. The molecule has 0 aliphatic carbocycles. The van der Waals surface area contributed by atoms with Crippen LogP contribution < -0.4 is 11.2 Å². The Morgan fingerprint density at radius 2 is 1.69 bits per heavy atom. The van der Waals surface area contributed by atoms with Crippen LogP contribution in [0.5, 0.6) is 0 Å². The van der Waals surface area contributed by atoms with E-state index in [1.54, 1.807) is 0 Å². The topological polar surface area (TPSA) is 81.1 Å². The number of nitrogens with zero attached hydrogens (tertiary/aromatic N) is 4. The number of hydrazone groups is 1. The van der Waals surface area contributed by atoms with Crippen molar-refractivity contribution in [1.82, 2.24) is 20.2 Å². The first kappa shape index (κ1) is 19.6. The first-order valence-electron chi connectivity index (χ1n) is 6.71. The van der Waals surface area contributed by atoms with Gasteiger partial charge in [0, 0.05) is 5.56 Å². The second-order valence-electron chi connectivity index (χ2n) is 4.92. The zero-order valence-corrected chi connectivity index (χ0v) is 13.5. The van der Waals surface area contributed by atoms with E-state index in [9.17, 15) is 26.3 Å². The van der Waals surface area contributed by atoms with E-state index in [1.165, 1.54) is 6.33 Å². The van der Waals surface area contributed by atoms with Crippen molar-refractivity contribution in [3.8, 4) is 0 Å². The van der Waals surface area contributed by atoms with Crippen LogP contribution in [0.3, 0.4) is 0 Å². The predicted molar refractivity (Wildman–Crippen MR) is 82.9 cm³/mol. The minimum atomic E-state index is -4.98. The Morgan fingerprint density at radius 1 is 1.12 bits per heavy atom. The van der Waals surface area contributed by atoms with E-state index in [2.05, 4.69) is 32.8 Å². The van der Waals surface area contributed by atoms with Gasteiger partial charge in [0.15, 0.2) is 5.11 Å². The molecule has 2 rings (SSSR count). The Labute approximate surface area is 147 Å². The standard InChI is InChI=1S/C13H10F6N6S/c14-12(15,16)8-1-7(2-9(3-8)13(17,18)19)10(23-24-11(20)26)4-25-6-21-5-22-25/h1-3,5-6H,4H2,(H3,20,24,26)/b23-10-. The highest BCUT2D eigenvalue weighted by Gasteiger charge is 2.37. The first-order valence-corrected chi connectivity index (χ1v) is 7.12. The number of nitrogens with one attached hydrogen (secondary N) is 1. The van der Waals surface area contributed by atoms with Crippen molar-refractivity contribution in [2.75, 3.05) is 0 Å². The third-order valence-corrected chi connectivity index (χ3v) is 3.09. The molecular formula is C13H10F6N6S. The van der Waals surface area contributed by atoms with Gasteiger partial charge in [0.05, 0.1) is 23.4 Å². The number of hydrogen-bond acceptors (Lipinski definition) is 4. The third kappa shape index (κ3) is 5.15. The van der Waals surface area contributed by atoms with E-state index in [0.29, 0.717) is 12.1 Å². The molecule has 0 aliphatic heterocycles. The summed E-state index contributed by atoms with van der Waals surface area (Å²) in [7, 11) is 0. The summed E-state index contributed by atoms with van der Waals surface area (Å²) in [6, 6.07) is 1.12. The molecule has 0 amide bonds. The van der Waals surface area contributed by atoms with Crippen LogP contribution in [-0.2, 0) is 18.9 Å². The lowest BCUT2D eigenvalue weighted by Gasteiger charge is -2.15. The van der Waals surface area contributed by atoms with E-state index < -0.39 is 29.0 Å². The van der Waals surface area contributed by atoms with Crippen molar-refractivity contribution in [1.29, 1.82) is 0 Å². The molecule has 0 radical (unpaired) electrons. The second-order valence-corrected chi connectivity index (χ2v) is 5.36. The van der Waals surface area contributed by atoms with Crippen LogP contribution in [0.2, 0.25) is 0 Å². The fourth-order valence-corrected chi connectivity index (χ4v) is 1.95. The van der Waals surface area contributed by atoms with Gasteiger partial charge >= 0.3 is 12.4 Å². The number of aromatic nitrogens is 3. The van der Waals surface area contributed by atoms with E-state index in [-0.39, 0.29) is 23.4 Å². The highest BCUT2D eigenvalue weighted by atomic mass is 32.1. The van der Waals surface area contributed by atoms with Gasteiger partial charge in [-0.15, -0.1) is 0 Å². The minimum Gasteiger partial charge on any atom is -0.375 e. The molecule has 140 valence electrons. The van der Waals surface area contributed by atoms with Crippen LogP contribution in [0.25, 0.3) is 0 Å². The number of hydrogen-bond donors (Lipinski definition) is 2. The molecule has 0 atom stereocenters. The summed E-state index contributed by atoms with van der Waals surface area (Å²) in [5.74, 6) is 0. The molecule has 3 N–H and O–H groups in total. The van der Waals surface area contributed by atoms with Crippen molar-refractivity contribution in [3.63, 3.8) is 0 Å². The lowest BCUT2D eigenvalue weighted by Crippen LogP contribution is -2.27. The van der Waals surface area contributed by atoms with Gasteiger partial charge in [-0.3, -0.25) is 5.43 Å². The average molecular weight is 396 g/mol. The highest BCUT2D eigenvalue weighted by Crippen LogP contribution is 2.36. The molecule has 2 aromatic rings. The first-order chi connectivity index (χ1) is 12.0.